The molecule has 1 heterocycles. The number of rotatable bonds is 4. The molecule has 1 aliphatic carbocycles. The molecular formula is C15H28N2. The maximum absolute atomic E-state index is 3.77. The molecule has 2 aliphatic rings. The highest BCUT2D eigenvalue weighted by Gasteiger charge is 2.27. The quantitative estimate of drug-likeness (QED) is 0.755. The van der Waals surface area contributed by atoms with Gasteiger partial charge in [0.05, 0.1) is 0 Å². The van der Waals surface area contributed by atoms with Crippen molar-refractivity contribution in [3.63, 3.8) is 0 Å². The normalized spacial score (nSPS) is 32.5. The fourth-order valence-corrected chi connectivity index (χ4v) is 3.45. The molecule has 0 aromatic carbocycles. The van der Waals surface area contributed by atoms with Gasteiger partial charge in [-0.1, -0.05) is 25.8 Å². The summed E-state index contributed by atoms with van der Waals surface area (Å²) in [6.45, 7) is 9.75. The lowest BCUT2D eigenvalue weighted by Crippen LogP contribution is -2.47. The molecule has 0 aromatic heterocycles. The standard InChI is InChI=1S/C15H28N2/c1-3-9-16-14-7-10-17(11-8-14)15-6-4-5-13(2)12-15/h3,13-16H,1,4-12H2,2H3/t13-,15+/m1/s1. The van der Waals surface area contributed by atoms with Gasteiger partial charge in [-0.25, -0.2) is 0 Å². The minimum atomic E-state index is 0.727. The molecule has 17 heavy (non-hydrogen) atoms. The minimum absolute atomic E-state index is 0.727. The second-order valence-electron chi connectivity index (χ2n) is 5.93. The van der Waals surface area contributed by atoms with E-state index >= 15 is 0 Å². The van der Waals surface area contributed by atoms with Gasteiger partial charge in [-0.05, 0) is 44.7 Å². The van der Waals surface area contributed by atoms with Gasteiger partial charge in [-0.2, -0.15) is 0 Å². The van der Waals surface area contributed by atoms with E-state index in [2.05, 4.69) is 23.7 Å². The molecule has 1 N–H and O–H groups in total. The van der Waals surface area contributed by atoms with Crippen molar-refractivity contribution in [2.45, 2.75) is 57.5 Å². The largest absolute Gasteiger partial charge is 0.310 e. The lowest BCUT2D eigenvalue weighted by Gasteiger charge is -2.41. The Hall–Kier alpha value is -0.340. The van der Waals surface area contributed by atoms with Crippen LogP contribution in [0.4, 0.5) is 0 Å². The van der Waals surface area contributed by atoms with Gasteiger partial charge >= 0.3 is 0 Å². The van der Waals surface area contributed by atoms with Gasteiger partial charge < -0.3 is 10.2 Å². The van der Waals surface area contributed by atoms with E-state index in [0.29, 0.717) is 0 Å². The van der Waals surface area contributed by atoms with Crippen LogP contribution < -0.4 is 5.32 Å². The third-order valence-corrected chi connectivity index (χ3v) is 4.51. The van der Waals surface area contributed by atoms with Crippen molar-refractivity contribution < 1.29 is 0 Å². The Morgan fingerprint density at radius 1 is 1.24 bits per heavy atom. The van der Waals surface area contributed by atoms with E-state index < -0.39 is 0 Å². The summed E-state index contributed by atoms with van der Waals surface area (Å²) >= 11 is 0. The highest BCUT2D eigenvalue weighted by molar-refractivity contribution is 4.85. The van der Waals surface area contributed by atoms with E-state index in [4.69, 9.17) is 0 Å². The number of nitrogens with zero attached hydrogens (tertiary/aromatic N) is 1. The van der Waals surface area contributed by atoms with Gasteiger partial charge in [0, 0.05) is 18.6 Å². The third kappa shape index (κ3) is 3.82. The van der Waals surface area contributed by atoms with Crippen LogP contribution in [-0.4, -0.2) is 36.6 Å². The first-order chi connectivity index (χ1) is 8.29. The highest BCUT2D eigenvalue weighted by Crippen LogP contribution is 2.28. The zero-order valence-corrected chi connectivity index (χ0v) is 11.3. The summed E-state index contributed by atoms with van der Waals surface area (Å²) in [5.41, 5.74) is 0. The molecule has 1 saturated carbocycles. The Kier molecular flexibility index (Phi) is 5.05. The van der Waals surface area contributed by atoms with Crippen LogP contribution in [0.5, 0.6) is 0 Å². The molecule has 0 spiro atoms. The van der Waals surface area contributed by atoms with E-state index in [1.165, 1.54) is 51.6 Å². The summed E-state index contributed by atoms with van der Waals surface area (Å²) in [5, 5.41) is 3.56. The lowest BCUT2D eigenvalue weighted by atomic mass is 9.85. The van der Waals surface area contributed by atoms with Crippen LogP contribution in [0.2, 0.25) is 0 Å². The molecule has 0 aromatic rings. The van der Waals surface area contributed by atoms with Gasteiger partial charge in [0.25, 0.3) is 0 Å². The van der Waals surface area contributed by atoms with Crippen LogP contribution >= 0.6 is 0 Å². The van der Waals surface area contributed by atoms with Crippen LogP contribution in [0.1, 0.15) is 45.4 Å². The van der Waals surface area contributed by atoms with Crippen LogP contribution in [0.3, 0.4) is 0 Å². The average Bonchev–Trinajstić information content (AvgIpc) is 2.37. The second kappa shape index (κ2) is 6.55. The Morgan fingerprint density at radius 3 is 2.65 bits per heavy atom. The molecule has 1 saturated heterocycles. The third-order valence-electron chi connectivity index (χ3n) is 4.51. The molecule has 0 amide bonds. The summed E-state index contributed by atoms with van der Waals surface area (Å²) in [6, 6.07) is 1.62. The first-order valence-corrected chi connectivity index (χ1v) is 7.38. The molecule has 98 valence electrons. The van der Waals surface area contributed by atoms with E-state index in [0.717, 1.165) is 24.5 Å². The summed E-state index contributed by atoms with van der Waals surface area (Å²) in [7, 11) is 0. The summed E-state index contributed by atoms with van der Waals surface area (Å²) in [6.07, 6.45) is 10.4. The molecule has 2 nitrogen and oxygen atoms in total. The van der Waals surface area contributed by atoms with Gasteiger partial charge in [0.2, 0.25) is 0 Å². The minimum Gasteiger partial charge on any atom is -0.310 e. The topological polar surface area (TPSA) is 15.3 Å². The van der Waals surface area contributed by atoms with Crippen LogP contribution in [0, 0.1) is 5.92 Å². The summed E-state index contributed by atoms with van der Waals surface area (Å²) < 4.78 is 0. The molecule has 2 rings (SSSR count). The van der Waals surface area contributed by atoms with E-state index in [9.17, 15) is 0 Å². The highest BCUT2D eigenvalue weighted by atomic mass is 15.2. The molecular weight excluding hydrogens is 208 g/mol. The maximum Gasteiger partial charge on any atom is 0.0134 e. The molecule has 2 atom stereocenters. The summed E-state index contributed by atoms with van der Waals surface area (Å²) in [5.74, 6) is 0.949. The van der Waals surface area contributed by atoms with Gasteiger partial charge in [-0.15, -0.1) is 6.58 Å². The summed E-state index contributed by atoms with van der Waals surface area (Å²) in [4.78, 5) is 2.75. The SMILES string of the molecule is C=CCNC1CCN([C@H]2CCC[C@@H](C)C2)CC1. The number of nitrogens with one attached hydrogen (secondary N) is 1. The number of hydrogen-bond acceptors (Lipinski definition) is 2. The van der Waals surface area contributed by atoms with Gasteiger partial charge in [0.15, 0.2) is 0 Å². The van der Waals surface area contributed by atoms with Crippen molar-refractivity contribution in [3.8, 4) is 0 Å². The molecule has 2 heteroatoms. The molecule has 0 bridgehead atoms. The zero-order valence-electron chi connectivity index (χ0n) is 11.3. The molecule has 0 unspecified atom stereocenters. The Labute approximate surface area is 106 Å². The second-order valence-corrected chi connectivity index (χ2v) is 5.93. The monoisotopic (exact) mass is 236 g/mol. The van der Waals surface area contributed by atoms with Gasteiger partial charge in [-0.3, -0.25) is 0 Å². The van der Waals surface area contributed by atoms with Crippen molar-refractivity contribution in [2.75, 3.05) is 19.6 Å². The van der Waals surface area contributed by atoms with Crippen LogP contribution in [0.25, 0.3) is 0 Å². The fourth-order valence-electron chi connectivity index (χ4n) is 3.45. The Balaban J connectivity index is 1.72. The van der Waals surface area contributed by atoms with E-state index in [1.54, 1.807) is 0 Å². The van der Waals surface area contributed by atoms with Crippen LogP contribution in [0.15, 0.2) is 12.7 Å². The Bertz CT molecular complexity index is 231. The first-order valence-electron chi connectivity index (χ1n) is 7.38. The predicted molar refractivity (Wildman–Crippen MR) is 74.2 cm³/mol. The van der Waals surface area contributed by atoms with Crippen molar-refractivity contribution >= 4 is 0 Å². The zero-order chi connectivity index (χ0) is 12.1. The smallest absolute Gasteiger partial charge is 0.0134 e. The Morgan fingerprint density at radius 2 is 2.00 bits per heavy atom. The van der Waals surface area contributed by atoms with Crippen molar-refractivity contribution in [2.24, 2.45) is 5.92 Å². The predicted octanol–water partition coefficient (Wildman–Crippen LogP) is 2.81. The average molecular weight is 236 g/mol. The first kappa shape index (κ1) is 13.1. The van der Waals surface area contributed by atoms with Crippen molar-refractivity contribution in [1.82, 2.24) is 10.2 Å². The maximum atomic E-state index is 3.77. The molecule has 0 radical (unpaired) electrons. The lowest BCUT2D eigenvalue weighted by molar-refractivity contribution is 0.101. The fraction of sp³-hybridized carbons (Fsp3) is 0.867. The van der Waals surface area contributed by atoms with Crippen LogP contribution in [-0.2, 0) is 0 Å². The molecule has 1 aliphatic heterocycles. The van der Waals surface area contributed by atoms with Crippen molar-refractivity contribution in [3.05, 3.63) is 12.7 Å². The number of hydrogen-bond donors (Lipinski definition) is 1. The van der Waals surface area contributed by atoms with Crippen molar-refractivity contribution in [1.29, 1.82) is 0 Å². The van der Waals surface area contributed by atoms with E-state index in [-0.39, 0.29) is 0 Å². The number of piperidine rings is 1. The molecule has 2 fully saturated rings. The number of likely N-dealkylation sites (tertiary alicyclic amines) is 1. The van der Waals surface area contributed by atoms with Gasteiger partial charge in [0.1, 0.15) is 0 Å². The van der Waals surface area contributed by atoms with E-state index in [1.807, 2.05) is 6.08 Å².